The second kappa shape index (κ2) is 13.3. The maximum absolute atomic E-state index is 13.9. The summed E-state index contributed by atoms with van der Waals surface area (Å²) in [5, 5.41) is 3.33. The number of hydrogen-bond donors (Lipinski definition) is 1. The molecular weight excluding hydrogens is 625 g/mol. The van der Waals surface area contributed by atoms with Crippen molar-refractivity contribution in [1.29, 1.82) is 0 Å². The highest BCUT2D eigenvalue weighted by Gasteiger charge is 2.32. The third-order valence-corrected chi connectivity index (χ3v) is 7.75. The van der Waals surface area contributed by atoms with E-state index in [0.29, 0.717) is 17.3 Å². The van der Waals surface area contributed by atoms with Crippen molar-refractivity contribution in [3.05, 3.63) is 98.6 Å². The molecule has 0 aliphatic heterocycles. The van der Waals surface area contributed by atoms with Gasteiger partial charge in [0.1, 0.15) is 12.6 Å². The standard InChI is InChI=1S/C27H29ClIN3O4S/c1-3-30-27(34)25(17-20-8-5-4-6-9-20)31(18-21-10-7-11-22(28)16-21)26(33)19-32(37(2,35)36)24-14-12-23(29)13-15-24/h4-16,25H,3,17-19H2,1-2H3,(H,30,34). The molecule has 0 aromatic heterocycles. The van der Waals surface area contributed by atoms with Gasteiger partial charge in [-0.1, -0.05) is 54.1 Å². The summed E-state index contributed by atoms with van der Waals surface area (Å²) in [6.45, 7) is 1.83. The Bertz CT molecular complexity index is 1320. The third kappa shape index (κ3) is 8.44. The number of amides is 2. The summed E-state index contributed by atoms with van der Waals surface area (Å²) in [5.74, 6) is -0.821. The fourth-order valence-corrected chi connectivity index (χ4v) is 5.32. The first-order valence-corrected chi connectivity index (χ1v) is 15.0. The van der Waals surface area contributed by atoms with Gasteiger partial charge in [-0.3, -0.25) is 13.9 Å². The van der Waals surface area contributed by atoms with Crippen molar-refractivity contribution in [2.24, 2.45) is 0 Å². The smallest absolute Gasteiger partial charge is 0.244 e. The van der Waals surface area contributed by atoms with E-state index in [0.717, 1.165) is 25.3 Å². The molecule has 3 aromatic carbocycles. The van der Waals surface area contributed by atoms with Crippen molar-refractivity contribution >= 4 is 61.7 Å². The molecule has 0 fully saturated rings. The van der Waals surface area contributed by atoms with Crippen LogP contribution in [0.4, 0.5) is 5.69 Å². The highest BCUT2D eigenvalue weighted by molar-refractivity contribution is 14.1. The van der Waals surface area contributed by atoms with Crippen molar-refractivity contribution in [3.8, 4) is 0 Å². The first-order valence-electron chi connectivity index (χ1n) is 11.7. The Morgan fingerprint density at radius 2 is 1.62 bits per heavy atom. The molecule has 0 radical (unpaired) electrons. The zero-order chi connectivity index (χ0) is 27.0. The Labute approximate surface area is 237 Å². The number of carbonyl (C=O) groups excluding carboxylic acids is 2. The molecule has 2 amide bonds. The summed E-state index contributed by atoms with van der Waals surface area (Å²) in [7, 11) is -3.79. The van der Waals surface area contributed by atoms with Crippen LogP contribution < -0.4 is 9.62 Å². The van der Waals surface area contributed by atoms with Crippen molar-refractivity contribution < 1.29 is 18.0 Å². The van der Waals surface area contributed by atoms with Gasteiger partial charge in [-0.2, -0.15) is 0 Å². The summed E-state index contributed by atoms with van der Waals surface area (Å²) < 4.78 is 27.5. The molecule has 0 spiro atoms. The highest BCUT2D eigenvalue weighted by Crippen LogP contribution is 2.22. The van der Waals surface area contributed by atoms with Gasteiger partial charge in [0.05, 0.1) is 11.9 Å². The molecule has 10 heteroatoms. The zero-order valence-corrected chi connectivity index (χ0v) is 24.3. The molecule has 1 N–H and O–H groups in total. The van der Waals surface area contributed by atoms with Crippen LogP contribution in [0.1, 0.15) is 18.1 Å². The number of halogens is 2. The maximum atomic E-state index is 13.9. The van der Waals surface area contributed by atoms with Gasteiger partial charge in [0.2, 0.25) is 21.8 Å². The zero-order valence-electron chi connectivity index (χ0n) is 20.6. The van der Waals surface area contributed by atoms with Gasteiger partial charge in [0.25, 0.3) is 0 Å². The van der Waals surface area contributed by atoms with Crippen molar-refractivity contribution in [2.75, 3.05) is 23.7 Å². The molecule has 0 aliphatic carbocycles. The Morgan fingerprint density at radius 3 is 2.22 bits per heavy atom. The molecule has 0 bridgehead atoms. The van der Waals surface area contributed by atoms with Crippen molar-refractivity contribution in [3.63, 3.8) is 0 Å². The lowest BCUT2D eigenvalue weighted by Gasteiger charge is -2.33. The number of nitrogens with zero attached hydrogens (tertiary/aromatic N) is 2. The molecule has 0 saturated heterocycles. The number of anilines is 1. The lowest BCUT2D eigenvalue weighted by molar-refractivity contribution is -0.140. The van der Waals surface area contributed by atoms with Crippen molar-refractivity contribution in [1.82, 2.24) is 10.2 Å². The third-order valence-electron chi connectivity index (χ3n) is 5.66. The lowest BCUT2D eigenvalue weighted by Crippen LogP contribution is -2.53. The fourth-order valence-electron chi connectivity index (χ4n) is 3.90. The molecule has 1 unspecified atom stereocenters. The Morgan fingerprint density at radius 1 is 0.973 bits per heavy atom. The van der Waals surface area contributed by atoms with Crippen LogP contribution in [-0.2, 0) is 32.6 Å². The Balaban J connectivity index is 2.03. The van der Waals surface area contributed by atoms with Gasteiger partial charge in [0.15, 0.2) is 0 Å². The van der Waals surface area contributed by atoms with Crippen LogP contribution in [-0.4, -0.2) is 50.5 Å². The normalized spacial score (nSPS) is 12.0. The minimum atomic E-state index is -3.79. The molecule has 0 aliphatic rings. The van der Waals surface area contributed by atoms with Crippen LogP contribution in [0, 0.1) is 3.57 Å². The van der Waals surface area contributed by atoms with Crippen molar-refractivity contribution in [2.45, 2.75) is 25.9 Å². The molecule has 196 valence electrons. The average molecular weight is 654 g/mol. The van der Waals surface area contributed by atoms with E-state index in [4.69, 9.17) is 11.6 Å². The summed E-state index contributed by atoms with van der Waals surface area (Å²) >= 11 is 8.32. The van der Waals surface area contributed by atoms with Gasteiger partial charge >= 0.3 is 0 Å². The molecule has 0 saturated carbocycles. The van der Waals surface area contributed by atoms with Gasteiger partial charge < -0.3 is 10.2 Å². The van der Waals surface area contributed by atoms with Crippen LogP contribution >= 0.6 is 34.2 Å². The maximum Gasteiger partial charge on any atom is 0.244 e. The molecular formula is C27H29ClIN3O4S. The second-order valence-electron chi connectivity index (χ2n) is 8.50. The predicted octanol–water partition coefficient (Wildman–Crippen LogP) is 4.49. The summed E-state index contributed by atoms with van der Waals surface area (Å²) in [4.78, 5) is 28.6. The quantitative estimate of drug-likeness (QED) is 0.309. The largest absolute Gasteiger partial charge is 0.355 e. The Hall–Kier alpha value is -2.63. The first kappa shape index (κ1) is 28.9. The van der Waals surface area contributed by atoms with E-state index in [2.05, 4.69) is 27.9 Å². The number of nitrogens with one attached hydrogen (secondary N) is 1. The highest BCUT2D eigenvalue weighted by atomic mass is 127. The summed E-state index contributed by atoms with van der Waals surface area (Å²) in [6.07, 6.45) is 1.33. The number of rotatable bonds is 11. The number of carbonyl (C=O) groups is 2. The number of hydrogen-bond acceptors (Lipinski definition) is 4. The minimum absolute atomic E-state index is 0.0817. The van der Waals surface area contributed by atoms with E-state index >= 15 is 0 Å². The van der Waals surface area contributed by atoms with Gasteiger partial charge in [-0.15, -0.1) is 0 Å². The molecule has 37 heavy (non-hydrogen) atoms. The van der Waals surface area contributed by atoms with E-state index in [1.54, 1.807) is 42.5 Å². The van der Waals surface area contributed by atoms with Crippen LogP contribution in [0.5, 0.6) is 0 Å². The van der Waals surface area contributed by atoms with Gasteiger partial charge in [-0.05, 0) is 77.0 Å². The predicted molar refractivity (Wildman–Crippen MR) is 156 cm³/mol. The van der Waals surface area contributed by atoms with E-state index < -0.39 is 28.5 Å². The van der Waals surface area contributed by atoms with E-state index in [-0.39, 0.29) is 18.9 Å². The lowest BCUT2D eigenvalue weighted by atomic mass is 10.0. The van der Waals surface area contributed by atoms with Crippen LogP contribution in [0.3, 0.4) is 0 Å². The average Bonchev–Trinajstić information content (AvgIpc) is 2.85. The van der Waals surface area contributed by atoms with Gasteiger partial charge in [-0.25, -0.2) is 8.42 Å². The summed E-state index contributed by atoms with van der Waals surface area (Å²) in [5.41, 5.74) is 1.97. The monoisotopic (exact) mass is 653 g/mol. The number of sulfonamides is 1. The first-order chi connectivity index (χ1) is 17.6. The van der Waals surface area contributed by atoms with Crippen LogP contribution in [0.2, 0.25) is 5.02 Å². The van der Waals surface area contributed by atoms with E-state index in [1.165, 1.54) is 4.90 Å². The van der Waals surface area contributed by atoms with Crippen LogP contribution in [0.15, 0.2) is 78.9 Å². The number of likely N-dealkylation sites (N-methyl/N-ethyl adjacent to an activating group) is 1. The topological polar surface area (TPSA) is 86.8 Å². The molecule has 3 rings (SSSR count). The molecule has 3 aromatic rings. The minimum Gasteiger partial charge on any atom is -0.355 e. The SMILES string of the molecule is CCNC(=O)C(Cc1ccccc1)N(Cc1cccc(Cl)c1)C(=O)CN(c1ccc(I)cc1)S(C)(=O)=O. The molecule has 0 heterocycles. The second-order valence-corrected chi connectivity index (χ2v) is 12.1. The summed E-state index contributed by atoms with van der Waals surface area (Å²) in [6, 6.07) is 22.4. The molecule has 1 atom stereocenters. The Kier molecular flexibility index (Phi) is 10.4. The molecule has 7 nitrogen and oxygen atoms in total. The van der Waals surface area contributed by atoms with Crippen LogP contribution in [0.25, 0.3) is 0 Å². The number of benzene rings is 3. The van der Waals surface area contributed by atoms with E-state index in [9.17, 15) is 18.0 Å². The van der Waals surface area contributed by atoms with Gasteiger partial charge in [0, 0.05) is 28.1 Å². The fraction of sp³-hybridized carbons (Fsp3) is 0.259. The van der Waals surface area contributed by atoms with E-state index in [1.807, 2.05) is 43.3 Å².